The molecule has 0 amide bonds. The summed E-state index contributed by atoms with van der Waals surface area (Å²) in [6, 6.07) is 7.00. The van der Waals surface area contributed by atoms with Gasteiger partial charge in [0.2, 0.25) is 0 Å². The number of rotatable bonds is 9. The molecule has 1 saturated heterocycles. The number of carbonyl (C=O) groups excluding carboxylic acids is 4. The number of hydrogen-bond donors (Lipinski definition) is 1. The third-order valence-electron chi connectivity index (χ3n) is 5.63. The third kappa shape index (κ3) is 8.31. The lowest BCUT2D eigenvalue weighted by Gasteiger charge is -2.44. The second-order valence-corrected chi connectivity index (χ2v) is 9.17. The van der Waals surface area contributed by atoms with Gasteiger partial charge in [-0.05, 0) is 36.0 Å². The number of nitrogens with zero attached hydrogens (tertiary/aromatic N) is 2. The zero-order valence-corrected chi connectivity index (χ0v) is 23.7. The van der Waals surface area contributed by atoms with Crippen LogP contribution < -0.4 is 10.3 Å². The van der Waals surface area contributed by atoms with E-state index in [1.165, 1.54) is 13.2 Å². The summed E-state index contributed by atoms with van der Waals surface area (Å²) in [5.74, 6) is -2.38. The first-order valence-corrected chi connectivity index (χ1v) is 12.7. The van der Waals surface area contributed by atoms with Gasteiger partial charge in [-0.15, -0.1) is 0 Å². The third-order valence-corrected chi connectivity index (χ3v) is 5.92. The number of aromatic nitrogens is 3. The maximum Gasteiger partial charge on any atom is 0.303 e. The maximum atomic E-state index is 12.7. The van der Waals surface area contributed by atoms with Crippen molar-refractivity contribution in [3.8, 4) is 5.75 Å². The first-order valence-electron chi connectivity index (χ1n) is 12.2. The van der Waals surface area contributed by atoms with Gasteiger partial charge >= 0.3 is 23.9 Å². The minimum absolute atomic E-state index is 0.0951. The van der Waals surface area contributed by atoms with Crippen molar-refractivity contribution in [1.82, 2.24) is 14.8 Å². The van der Waals surface area contributed by atoms with E-state index in [4.69, 9.17) is 40.6 Å². The van der Waals surface area contributed by atoms with E-state index in [1.54, 1.807) is 30.3 Å². The second-order valence-electron chi connectivity index (χ2n) is 8.79. The van der Waals surface area contributed by atoms with Crippen molar-refractivity contribution in [1.29, 1.82) is 0 Å². The molecule has 1 fully saturated rings. The number of hydrogen-bond acceptors (Lipinski definition) is 13. The highest BCUT2D eigenvalue weighted by atomic mass is 32.1. The predicted octanol–water partition coefficient (Wildman–Crippen LogP) is 1.74. The highest BCUT2D eigenvalue weighted by Crippen LogP contribution is 2.34. The number of carbonyl (C=O) groups is 4. The molecule has 14 nitrogen and oxygen atoms in total. The number of H-pyrrole nitrogens is 1. The summed E-state index contributed by atoms with van der Waals surface area (Å²) in [7, 11) is 1.54. The van der Waals surface area contributed by atoms with E-state index in [2.05, 4.69) is 10.1 Å². The molecule has 0 unspecified atom stereocenters. The summed E-state index contributed by atoms with van der Waals surface area (Å²) < 4.78 is 33.4. The van der Waals surface area contributed by atoms with Crippen LogP contribution in [0.4, 0.5) is 0 Å². The molecular formula is C26H29N3O11S. The van der Waals surface area contributed by atoms with E-state index in [1.807, 2.05) is 0 Å². The molecule has 0 bridgehead atoms. The van der Waals surface area contributed by atoms with E-state index in [-0.39, 0.29) is 10.5 Å². The van der Waals surface area contributed by atoms with Crippen LogP contribution in [-0.2, 0) is 42.9 Å². The van der Waals surface area contributed by atoms with E-state index in [0.717, 1.165) is 37.9 Å². The van der Waals surface area contributed by atoms with Crippen LogP contribution in [0.5, 0.6) is 5.75 Å². The van der Waals surface area contributed by atoms with Crippen LogP contribution in [0.2, 0.25) is 0 Å². The molecule has 2 aromatic rings. The fourth-order valence-electron chi connectivity index (χ4n) is 4.00. The fourth-order valence-corrected chi connectivity index (χ4v) is 4.24. The summed E-state index contributed by atoms with van der Waals surface area (Å²) in [5, 5.41) is 4.32. The van der Waals surface area contributed by atoms with E-state index in [9.17, 15) is 24.0 Å². The van der Waals surface area contributed by atoms with Crippen LogP contribution in [0.3, 0.4) is 0 Å². The lowest BCUT2D eigenvalue weighted by Crippen LogP contribution is -2.61. The molecule has 5 atom stereocenters. The lowest BCUT2D eigenvalue weighted by molar-refractivity contribution is -0.271. The molecule has 0 radical (unpaired) electrons. The van der Waals surface area contributed by atoms with Crippen LogP contribution in [0.25, 0.3) is 12.2 Å². The van der Waals surface area contributed by atoms with Gasteiger partial charge in [0.25, 0.3) is 5.56 Å². The van der Waals surface area contributed by atoms with Crippen molar-refractivity contribution in [3.63, 3.8) is 0 Å². The molecule has 3 rings (SSSR count). The van der Waals surface area contributed by atoms with Gasteiger partial charge in [0, 0.05) is 27.7 Å². The van der Waals surface area contributed by atoms with Crippen LogP contribution in [-0.4, -0.2) is 76.8 Å². The maximum absolute atomic E-state index is 12.7. The average Bonchev–Trinajstić information content (AvgIpc) is 2.89. The Kier molecular flexibility index (Phi) is 10.5. The monoisotopic (exact) mass is 591 g/mol. The van der Waals surface area contributed by atoms with Crippen molar-refractivity contribution in [3.05, 3.63) is 50.6 Å². The van der Waals surface area contributed by atoms with E-state index < -0.39 is 66.7 Å². The second kappa shape index (κ2) is 13.8. The molecule has 41 heavy (non-hydrogen) atoms. The van der Waals surface area contributed by atoms with Crippen LogP contribution in [0.1, 0.15) is 45.2 Å². The summed E-state index contributed by atoms with van der Waals surface area (Å²) in [5.41, 5.74) is 0.0113. The Morgan fingerprint density at radius 1 is 0.927 bits per heavy atom. The lowest BCUT2D eigenvalue weighted by atomic mass is 9.97. The van der Waals surface area contributed by atoms with Gasteiger partial charge in [-0.2, -0.15) is 5.10 Å². The topological polar surface area (TPSA) is 174 Å². The molecule has 1 aliphatic heterocycles. The SMILES string of the molecule is COc1ccc(/C=C/c2nn([C@@H]3O[C@H](COC(C)=O)[C@@H](OC(C)=O)[C@H](OC(C)=O)[C@H]3OC(C)=O)c(=S)[nH]c2=O)cc1. The number of benzene rings is 1. The highest BCUT2D eigenvalue weighted by molar-refractivity contribution is 7.71. The Morgan fingerprint density at radius 3 is 2.07 bits per heavy atom. The van der Waals surface area contributed by atoms with Crippen molar-refractivity contribution >= 4 is 48.2 Å². The van der Waals surface area contributed by atoms with Gasteiger partial charge < -0.3 is 28.4 Å². The summed E-state index contributed by atoms with van der Waals surface area (Å²) >= 11 is 5.33. The summed E-state index contributed by atoms with van der Waals surface area (Å²) in [4.78, 5) is 62.9. The zero-order valence-electron chi connectivity index (χ0n) is 22.9. The average molecular weight is 592 g/mol. The van der Waals surface area contributed by atoms with Crippen molar-refractivity contribution in [2.75, 3.05) is 13.7 Å². The van der Waals surface area contributed by atoms with Crippen LogP contribution in [0, 0.1) is 4.77 Å². The van der Waals surface area contributed by atoms with Crippen molar-refractivity contribution in [2.24, 2.45) is 0 Å². The number of aromatic amines is 1. The van der Waals surface area contributed by atoms with Gasteiger partial charge in [0.15, 0.2) is 29.3 Å². The predicted molar refractivity (Wildman–Crippen MR) is 143 cm³/mol. The van der Waals surface area contributed by atoms with Crippen molar-refractivity contribution in [2.45, 2.75) is 58.3 Å². The largest absolute Gasteiger partial charge is 0.497 e. The summed E-state index contributed by atoms with van der Waals surface area (Å²) in [6.45, 7) is 4.05. The number of esters is 4. The first-order chi connectivity index (χ1) is 19.4. The normalized spacial score (nSPS) is 22.0. The first kappa shape index (κ1) is 31.2. The van der Waals surface area contributed by atoms with Crippen molar-refractivity contribution < 1.29 is 47.6 Å². The molecule has 0 saturated carbocycles. The Balaban J connectivity index is 2.12. The molecule has 1 aromatic carbocycles. The van der Waals surface area contributed by atoms with Gasteiger partial charge in [-0.25, -0.2) is 4.68 Å². The highest BCUT2D eigenvalue weighted by Gasteiger charge is 2.53. The van der Waals surface area contributed by atoms with Gasteiger partial charge in [-0.3, -0.25) is 29.0 Å². The molecule has 1 aliphatic rings. The molecule has 0 spiro atoms. The zero-order chi connectivity index (χ0) is 30.3. The molecule has 1 aromatic heterocycles. The van der Waals surface area contributed by atoms with Gasteiger partial charge in [0.05, 0.1) is 7.11 Å². The molecular weight excluding hydrogens is 562 g/mol. The Labute approximate surface area is 239 Å². The Hall–Kier alpha value is -4.37. The number of ether oxygens (including phenoxy) is 6. The van der Waals surface area contributed by atoms with Gasteiger partial charge in [0.1, 0.15) is 24.2 Å². The van der Waals surface area contributed by atoms with E-state index >= 15 is 0 Å². The van der Waals surface area contributed by atoms with Crippen LogP contribution >= 0.6 is 12.2 Å². The van der Waals surface area contributed by atoms with Crippen LogP contribution in [0.15, 0.2) is 29.1 Å². The van der Waals surface area contributed by atoms with E-state index in [0.29, 0.717) is 5.75 Å². The standard InChI is InChI=1S/C26H29N3O11S/c1-13(30)36-12-20-21(37-14(2)31)22(38-15(3)32)23(39-16(4)33)25(40-20)29-26(41)27-24(34)19(28-29)11-8-17-6-9-18(35-5)10-7-17/h6-11,20-23,25H,12H2,1-5H3,(H,27,34,41)/b11-8+/t20-,21-,22+,23-,25-/m1/s1. The molecule has 220 valence electrons. The van der Waals surface area contributed by atoms with Gasteiger partial charge in [-0.1, -0.05) is 18.2 Å². The quantitative estimate of drug-likeness (QED) is 0.254. The molecule has 15 heteroatoms. The minimum atomic E-state index is -1.46. The summed E-state index contributed by atoms with van der Waals surface area (Å²) in [6.07, 6.45) is -3.85. The number of nitrogens with one attached hydrogen (secondary N) is 1. The smallest absolute Gasteiger partial charge is 0.303 e. The molecule has 2 heterocycles. The molecule has 0 aliphatic carbocycles. The Morgan fingerprint density at radius 2 is 1.51 bits per heavy atom. The Bertz CT molecular complexity index is 1430. The fraction of sp³-hybridized carbons (Fsp3) is 0.423. The minimum Gasteiger partial charge on any atom is -0.497 e. The molecule has 1 N–H and O–H groups in total. The number of methoxy groups -OCH3 is 1.